The zero-order valence-electron chi connectivity index (χ0n) is 15.9. The number of benzene rings is 1. The smallest absolute Gasteiger partial charge is 0.240 e. The van der Waals surface area contributed by atoms with E-state index in [1.54, 1.807) is 18.3 Å². The van der Waals surface area contributed by atoms with Gasteiger partial charge >= 0.3 is 0 Å². The Kier molecular flexibility index (Phi) is 6.46. The first-order valence-electron chi connectivity index (χ1n) is 9.37. The molecule has 0 radical (unpaired) electrons. The summed E-state index contributed by atoms with van der Waals surface area (Å²) < 4.78 is 33.2. The Bertz CT molecular complexity index is 847. The van der Waals surface area contributed by atoms with Gasteiger partial charge in [0.1, 0.15) is 5.82 Å². The molecule has 1 aliphatic heterocycles. The Morgan fingerprint density at radius 3 is 2.56 bits per heavy atom. The van der Waals surface area contributed by atoms with Crippen LogP contribution in [0.1, 0.15) is 37.3 Å². The Morgan fingerprint density at radius 2 is 1.89 bits per heavy atom. The van der Waals surface area contributed by atoms with E-state index in [4.69, 9.17) is 4.74 Å². The second-order valence-electron chi connectivity index (χ2n) is 6.82. The van der Waals surface area contributed by atoms with Crippen molar-refractivity contribution < 1.29 is 13.2 Å². The number of ether oxygens (including phenoxy) is 1. The summed E-state index contributed by atoms with van der Waals surface area (Å²) in [5.41, 5.74) is 2.03. The first kappa shape index (κ1) is 19.8. The lowest BCUT2D eigenvalue weighted by Gasteiger charge is -2.28. The summed E-state index contributed by atoms with van der Waals surface area (Å²) in [5.74, 6) is 1.28. The fourth-order valence-corrected chi connectivity index (χ4v) is 4.03. The summed E-state index contributed by atoms with van der Waals surface area (Å²) in [6, 6.07) is 10.9. The molecule has 146 valence electrons. The molecule has 1 fully saturated rings. The predicted octanol–water partition coefficient (Wildman–Crippen LogP) is 2.91. The minimum atomic E-state index is -3.55. The van der Waals surface area contributed by atoms with Gasteiger partial charge in [-0.3, -0.25) is 0 Å². The molecule has 1 aromatic carbocycles. The molecule has 0 aliphatic carbocycles. The second-order valence-corrected chi connectivity index (χ2v) is 8.59. The molecule has 1 aliphatic rings. The highest BCUT2D eigenvalue weighted by Gasteiger charge is 2.16. The number of morpholine rings is 1. The van der Waals surface area contributed by atoms with E-state index in [-0.39, 0.29) is 11.4 Å². The van der Waals surface area contributed by atoms with Gasteiger partial charge in [0.15, 0.2) is 0 Å². The quantitative estimate of drug-likeness (QED) is 0.788. The zero-order valence-corrected chi connectivity index (χ0v) is 16.7. The van der Waals surface area contributed by atoms with Crippen molar-refractivity contribution in [2.24, 2.45) is 0 Å². The number of anilines is 1. The van der Waals surface area contributed by atoms with Crippen molar-refractivity contribution in [2.45, 2.75) is 37.6 Å². The standard InChI is InChI=1S/C20H27N3O3S/c1-3-16(2)18-4-6-19(7-5-18)27(24,25)22-15-17-8-9-21-20(14-17)23-10-12-26-13-11-23/h4-9,14,16,22H,3,10-13,15H2,1-2H3. The van der Waals surface area contributed by atoms with Gasteiger partial charge < -0.3 is 9.64 Å². The number of hydrogen-bond acceptors (Lipinski definition) is 5. The van der Waals surface area contributed by atoms with E-state index >= 15 is 0 Å². The van der Waals surface area contributed by atoms with Gasteiger partial charge in [-0.05, 0) is 47.7 Å². The first-order valence-corrected chi connectivity index (χ1v) is 10.8. The molecule has 1 unspecified atom stereocenters. The SMILES string of the molecule is CCC(C)c1ccc(S(=O)(=O)NCc2ccnc(N3CCOCC3)c2)cc1. The summed E-state index contributed by atoms with van der Waals surface area (Å²) in [7, 11) is -3.55. The Hall–Kier alpha value is -1.96. The van der Waals surface area contributed by atoms with Crippen LogP contribution >= 0.6 is 0 Å². The number of pyridine rings is 1. The summed E-state index contributed by atoms with van der Waals surface area (Å²) in [6.07, 6.45) is 2.74. The maximum absolute atomic E-state index is 12.6. The molecule has 27 heavy (non-hydrogen) atoms. The van der Waals surface area contributed by atoms with Crippen LogP contribution in [0.5, 0.6) is 0 Å². The number of nitrogens with zero attached hydrogens (tertiary/aromatic N) is 2. The topological polar surface area (TPSA) is 71.5 Å². The first-order chi connectivity index (χ1) is 13.0. The summed E-state index contributed by atoms with van der Waals surface area (Å²) in [6.45, 7) is 7.45. The van der Waals surface area contributed by atoms with Crippen LogP contribution < -0.4 is 9.62 Å². The molecule has 0 saturated carbocycles. The number of sulfonamides is 1. The number of hydrogen-bond donors (Lipinski definition) is 1. The van der Waals surface area contributed by atoms with E-state index in [1.165, 1.54) is 0 Å². The maximum Gasteiger partial charge on any atom is 0.240 e. The monoisotopic (exact) mass is 389 g/mol. The molecule has 1 N–H and O–H groups in total. The molecular weight excluding hydrogens is 362 g/mol. The van der Waals surface area contributed by atoms with Crippen molar-refractivity contribution in [3.63, 3.8) is 0 Å². The minimum Gasteiger partial charge on any atom is -0.378 e. The molecule has 1 aromatic heterocycles. The molecule has 1 saturated heterocycles. The number of rotatable bonds is 7. The fraction of sp³-hybridized carbons (Fsp3) is 0.450. The molecule has 2 heterocycles. The van der Waals surface area contributed by atoms with Crippen molar-refractivity contribution >= 4 is 15.8 Å². The Labute approximate surface area is 161 Å². The Morgan fingerprint density at radius 1 is 1.19 bits per heavy atom. The lowest BCUT2D eigenvalue weighted by Crippen LogP contribution is -2.36. The normalized spacial score (nSPS) is 16.3. The van der Waals surface area contributed by atoms with E-state index in [0.717, 1.165) is 36.5 Å². The predicted molar refractivity (Wildman–Crippen MR) is 106 cm³/mol. The average molecular weight is 390 g/mol. The lowest BCUT2D eigenvalue weighted by atomic mass is 9.99. The molecule has 6 nitrogen and oxygen atoms in total. The van der Waals surface area contributed by atoms with Crippen LogP contribution in [0.4, 0.5) is 5.82 Å². The third-order valence-electron chi connectivity index (χ3n) is 4.98. The molecule has 0 bridgehead atoms. The molecule has 0 spiro atoms. The van der Waals surface area contributed by atoms with Crippen molar-refractivity contribution in [2.75, 3.05) is 31.2 Å². The average Bonchev–Trinajstić information content (AvgIpc) is 2.73. The summed E-state index contributed by atoms with van der Waals surface area (Å²) in [4.78, 5) is 6.83. The molecule has 3 rings (SSSR count). The van der Waals surface area contributed by atoms with Gasteiger partial charge in [-0.2, -0.15) is 0 Å². The van der Waals surface area contributed by atoms with E-state index in [0.29, 0.717) is 19.1 Å². The molecule has 1 atom stereocenters. The van der Waals surface area contributed by atoms with E-state index in [1.807, 2.05) is 24.3 Å². The Balaban J connectivity index is 1.66. The van der Waals surface area contributed by atoms with E-state index in [9.17, 15) is 8.42 Å². The van der Waals surface area contributed by atoms with Gasteiger partial charge in [-0.25, -0.2) is 18.1 Å². The van der Waals surface area contributed by atoms with Gasteiger partial charge in [0.2, 0.25) is 10.0 Å². The van der Waals surface area contributed by atoms with Crippen LogP contribution in [0.2, 0.25) is 0 Å². The summed E-state index contributed by atoms with van der Waals surface area (Å²) >= 11 is 0. The maximum atomic E-state index is 12.6. The molecule has 2 aromatic rings. The third kappa shape index (κ3) is 5.06. The highest BCUT2D eigenvalue weighted by molar-refractivity contribution is 7.89. The van der Waals surface area contributed by atoms with Crippen LogP contribution in [-0.4, -0.2) is 39.7 Å². The fourth-order valence-electron chi connectivity index (χ4n) is 3.01. The van der Waals surface area contributed by atoms with Crippen molar-refractivity contribution in [3.05, 3.63) is 53.7 Å². The third-order valence-corrected chi connectivity index (χ3v) is 6.40. The van der Waals surface area contributed by atoms with Gasteiger partial charge in [0.25, 0.3) is 0 Å². The molecule has 0 amide bonds. The van der Waals surface area contributed by atoms with Crippen molar-refractivity contribution in [3.8, 4) is 0 Å². The van der Waals surface area contributed by atoms with Gasteiger partial charge in [0.05, 0.1) is 18.1 Å². The molecule has 7 heteroatoms. The number of aromatic nitrogens is 1. The van der Waals surface area contributed by atoms with Crippen molar-refractivity contribution in [1.82, 2.24) is 9.71 Å². The van der Waals surface area contributed by atoms with E-state index < -0.39 is 10.0 Å². The molecular formula is C20H27N3O3S. The van der Waals surface area contributed by atoms with Crippen LogP contribution in [0.25, 0.3) is 0 Å². The second kappa shape index (κ2) is 8.82. The number of nitrogens with one attached hydrogen (secondary N) is 1. The zero-order chi connectivity index (χ0) is 19.3. The van der Waals surface area contributed by atoms with Crippen LogP contribution in [0.3, 0.4) is 0 Å². The summed E-state index contributed by atoms with van der Waals surface area (Å²) in [5, 5.41) is 0. The lowest BCUT2D eigenvalue weighted by molar-refractivity contribution is 0.122. The van der Waals surface area contributed by atoms with E-state index in [2.05, 4.69) is 28.5 Å². The minimum absolute atomic E-state index is 0.231. The van der Waals surface area contributed by atoms with Crippen LogP contribution in [0, 0.1) is 0 Å². The largest absolute Gasteiger partial charge is 0.378 e. The van der Waals surface area contributed by atoms with Crippen molar-refractivity contribution in [1.29, 1.82) is 0 Å². The van der Waals surface area contributed by atoms with Crippen LogP contribution in [0.15, 0.2) is 47.5 Å². The van der Waals surface area contributed by atoms with Gasteiger partial charge in [-0.1, -0.05) is 26.0 Å². The van der Waals surface area contributed by atoms with Gasteiger partial charge in [-0.15, -0.1) is 0 Å². The highest BCUT2D eigenvalue weighted by atomic mass is 32.2. The van der Waals surface area contributed by atoms with Crippen LogP contribution in [-0.2, 0) is 21.3 Å². The highest BCUT2D eigenvalue weighted by Crippen LogP contribution is 2.21. The van der Waals surface area contributed by atoms with Gasteiger partial charge in [0, 0.05) is 25.8 Å².